The topological polar surface area (TPSA) is 52.7 Å². The third-order valence-electron chi connectivity index (χ3n) is 3.15. The highest BCUT2D eigenvalue weighted by atomic mass is 35.5. The summed E-state index contributed by atoms with van der Waals surface area (Å²) in [6.45, 7) is 6.82. The van der Waals surface area contributed by atoms with E-state index in [2.05, 4.69) is 14.6 Å². The van der Waals surface area contributed by atoms with E-state index in [0.29, 0.717) is 11.6 Å². The molecule has 7 heteroatoms. The third kappa shape index (κ3) is 2.56. The normalized spacial score (nSPS) is 15.0. The van der Waals surface area contributed by atoms with Crippen molar-refractivity contribution in [2.45, 2.75) is 39.2 Å². The number of hydrogen-bond acceptors (Lipinski definition) is 3. The number of fused-ring (bicyclic) bond motifs is 1. The van der Waals surface area contributed by atoms with Gasteiger partial charge < -0.3 is 4.57 Å². The third-order valence-corrected chi connectivity index (χ3v) is 4.34. The fourth-order valence-electron chi connectivity index (χ4n) is 2.43. The Hall–Kier alpha value is -0.880. The van der Waals surface area contributed by atoms with Crippen LogP contribution in [0.1, 0.15) is 31.4 Å². The van der Waals surface area contributed by atoms with Gasteiger partial charge in [-0.15, -0.1) is 11.6 Å². The second-order valence-electron chi connectivity index (χ2n) is 4.69. The van der Waals surface area contributed by atoms with Gasteiger partial charge in [0.05, 0.1) is 11.6 Å². The van der Waals surface area contributed by atoms with Crippen LogP contribution in [0.2, 0.25) is 0 Å². The van der Waals surface area contributed by atoms with Gasteiger partial charge in [-0.1, -0.05) is 0 Å². The maximum absolute atomic E-state index is 11.5. The molecule has 0 bridgehead atoms. The molecule has 0 amide bonds. The summed E-state index contributed by atoms with van der Waals surface area (Å²) in [5.74, 6) is 1.75. The van der Waals surface area contributed by atoms with Crippen molar-refractivity contribution in [3.63, 3.8) is 0 Å². The van der Waals surface area contributed by atoms with Crippen molar-refractivity contribution < 1.29 is 4.21 Å². The Morgan fingerprint density at radius 1 is 1.47 bits per heavy atom. The largest absolute Gasteiger partial charge is 0.308 e. The molecule has 0 N–H and O–H groups in total. The van der Waals surface area contributed by atoms with E-state index in [1.807, 2.05) is 25.5 Å². The van der Waals surface area contributed by atoms with Crippen LogP contribution in [0.3, 0.4) is 0 Å². The van der Waals surface area contributed by atoms with Gasteiger partial charge in [0, 0.05) is 35.4 Å². The Bertz CT molecular complexity index is 619. The van der Waals surface area contributed by atoms with E-state index in [4.69, 9.17) is 11.6 Å². The standard InChI is InChI=1S/C12H19ClN4OS/c1-5-16-12-11(9(3)15-16)14-10(6-13)17(12)8(2)7-19(4)18/h8H,5-7H2,1-4H3. The zero-order valence-electron chi connectivity index (χ0n) is 11.7. The van der Waals surface area contributed by atoms with Crippen LogP contribution >= 0.6 is 11.6 Å². The van der Waals surface area contributed by atoms with Crippen molar-refractivity contribution in [3.05, 3.63) is 11.5 Å². The van der Waals surface area contributed by atoms with Gasteiger partial charge in [0.15, 0.2) is 5.65 Å². The van der Waals surface area contributed by atoms with Crippen molar-refractivity contribution in [3.8, 4) is 0 Å². The highest BCUT2D eigenvalue weighted by Gasteiger charge is 2.21. The average Bonchev–Trinajstić information content (AvgIpc) is 2.86. The van der Waals surface area contributed by atoms with Gasteiger partial charge in [0.1, 0.15) is 11.3 Å². The quantitative estimate of drug-likeness (QED) is 0.796. The van der Waals surface area contributed by atoms with Crippen molar-refractivity contribution in [2.75, 3.05) is 12.0 Å². The maximum Gasteiger partial charge on any atom is 0.159 e. The molecule has 5 nitrogen and oxygen atoms in total. The second kappa shape index (κ2) is 5.63. The van der Waals surface area contributed by atoms with Crippen molar-refractivity contribution in [1.82, 2.24) is 19.3 Å². The van der Waals surface area contributed by atoms with Gasteiger partial charge in [0.2, 0.25) is 0 Å². The molecule has 0 spiro atoms. The number of halogens is 1. The molecule has 2 heterocycles. The molecule has 0 aliphatic rings. The number of rotatable bonds is 5. The Labute approximate surface area is 120 Å². The molecule has 2 rings (SSSR count). The van der Waals surface area contributed by atoms with E-state index in [0.717, 1.165) is 29.2 Å². The van der Waals surface area contributed by atoms with E-state index in [1.165, 1.54) is 0 Å². The van der Waals surface area contributed by atoms with Crippen LogP contribution in [-0.2, 0) is 23.2 Å². The van der Waals surface area contributed by atoms with Crippen molar-refractivity contribution in [1.29, 1.82) is 0 Å². The molecule has 0 saturated carbocycles. The Morgan fingerprint density at radius 3 is 2.68 bits per heavy atom. The maximum atomic E-state index is 11.5. The lowest BCUT2D eigenvalue weighted by molar-refractivity contribution is 0.563. The Morgan fingerprint density at radius 2 is 2.16 bits per heavy atom. The minimum Gasteiger partial charge on any atom is -0.308 e. The molecule has 0 aliphatic heterocycles. The summed E-state index contributed by atoms with van der Waals surface area (Å²) in [7, 11) is -0.857. The minimum absolute atomic E-state index is 0.0889. The van der Waals surface area contributed by atoms with E-state index in [9.17, 15) is 4.21 Å². The molecule has 2 unspecified atom stereocenters. The molecule has 0 aliphatic carbocycles. The lowest BCUT2D eigenvalue weighted by Gasteiger charge is -2.16. The van der Waals surface area contributed by atoms with Crippen LogP contribution in [0.25, 0.3) is 11.2 Å². The first-order valence-electron chi connectivity index (χ1n) is 6.29. The van der Waals surface area contributed by atoms with Crippen LogP contribution in [0.4, 0.5) is 0 Å². The predicted octanol–water partition coefficient (Wildman–Crippen LogP) is 2.24. The van der Waals surface area contributed by atoms with E-state index in [-0.39, 0.29) is 6.04 Å². The van der Waals surface area contributed by atoms with Gasteiger partial charge in [-0.25, -0.2) is 9.67 Å². The molecule has 106 valence electrons. The van der Waals surface area contributed by atoms with E-state index < -0.39 is 10.8 Å². The highest BCUT2D eigenvalue weighted by molar-refractivity contribution is 7.84. The van der Waals surface area contributed by atoms with Crippen LogP contribution in [0.15, 0.2) is 0 Å². The molecule has 0 saturated heterocycles. The summed E-state index contributed by atoms with van der Waals surface area (Å²) < 4.78 is 15.5. The number of imidazole rings is 1. The van der Waals surface area contributed by atoms with Gasteiger partial charge in [-0.05, 0) is 20.8 Å². The molecule has 0 aromatic carbocycles. The van der Waals surface area contributed by atoms with Gasteiger partial charge >= 0.3 is 0 Å². The molecule has 0 radical (unpaired) electrons. The van der Waals surface area contributed by atoms with Crippen LogP contribution < -0.4 is 0 Å². The van der Waals surface area contributed by atoms with E-state index >= 15 is 0 Å². The molecule has 2 aromatic heterocycles. The second-order valence-corrected chi connectivity index (χ2v) is 6.44. The summed E-state index contributed by atoms with van der Waals surface area (Å²) in [6, 6.07) is 0.0889. The summed E-state index contributed by atoms with van der Waals surface area (Å²) >= 11 is 6.00. The Balaban J connectivity index is 2.64. The summed E-state index contributed by atoms with van der Waals surface area (Å²) in [5.41, 5.74) is 2.78. The number of hydrogen-bond donors (Lipinski definition) is 0. The minimum atomic E-state index is -0.857. The summed E-state index contributed by atoms with van der Waals surface area (Å²) in [5, 5.41) is 4.48. The lowest BCUT2D eigenvalue weighted by Crippen LogP contribution is -2.17. The summed E-state index contributed by atoms with van der Waals surface area (Å²) in [6.07, 6.45) is 1.72. The molecular weight excluding hydrogens is 284 g/mol. The average molecular weight is 303 g/mol. The fraction of sp³-hybridized carbons (Fsp3) is 0.667. The van der Waals surface area contributed by atoms with Crippen LogP contribution in [0.5, 0.6) is 0 Å². The number of aromatic nitrogens is 4. The monoisotopic (exact) mass is 302 g/mol. The zero-order chi connectivity index (χ0) is 14.2. The number of nitrogens with zero attached hydrogens (tertiary/aromatic N) is 4. The molecule has 0 fully saturated rings. The first-order chi connectivity index (χ1) is 8.99. The van der Waals surface area contributed by atoms with E-state index in [1.54, 1.807) is 6.26 Å². The first-order valence-corrected chi connectivity index (χ1v) is 8.55. The zero-order valence-corrected chi connectivity index (χ0v) is 13.3. The SMILES string of the molecule is CCn1nc(C)c2nc(CCl)n(C(C)CS(C)=O)c21. The number of alkyl halides is 1. The molecular formula is C12H19ClN4OS. The molecule has 2 aromatic rings. The summed E-state index contributed by atoms with van der Waals surface area (Å²) in [4.78, 5) is 4.58. The highest BCUT2D eigenvalue weighted by Crippen LogP contribution is 2.25. The van der Waals surface area contributed by atoms with Crippen molar-refractivity contribution in [2.24, 2.45) is 0 Å². The van der Waals surface area contributed by atoms with Crippen LogP contribution in [-0.4, -0.2) is 35.5 Å². The smallest absolute Gasteiger partial charge is 0.159 e. The number of aryl methyl sites for hydroxylation is 2. The predicted molar refractivity (Wildman–Crippen MR) is 79.1 cm³/mol. The lowest BCUT2D eigenvalue weighted by atomic mass is 10.3. The molecule has 2 atom stereocenters. The Kier molecular flexibility index (Phi) is 4.30. The first kappa shape index (κ1) is 14.5. The van der Waals surface area contributed by atoms with Gasteiger partial charge in [0.25, 0.3) is 0 Å². The van der Waals surface area contributed by atoms with Crippen LogP contribution in [0, 0.1) is 6.92 Å². The fourth-order valence-corrected chi connectivity index (χ4v) is 3.44. The van der Waals surface area contributed by atoms with Gasteiger partial charge in [-0.2, -0.15) is 5.10 Å². The van der Waals surface area contributed by atoms with Gasteiger partial charge in [-0.3, -0.25) is 4.21 Å². The molecule has 19 heavy (non-hydrogen) atoms. The van der Waals surface area contributed by atoms with Crippen molar-refractivity contribution >= 4 is 33.6 Å².